The zero-order valence-corrected chi connectivity index (χ0v) is 23.1. The highest BCUT2D eigenvalue weighted by Gasteiger charge is 2.16. The minimum absolute atomic E-state index is 0.0924. The number of ketones is 1. The van der Waals surface area contributed by atoms with Crippen molar-refractivity contribution in [3.63, 3.8) is 0 Å². The Balaban J connectivity index is 0.000000360. The summed E-state index contributed by atoms with van der Waals surface area (Å²) >= 11 is 0. The third-order valence-electron chi connectivity index (χ3n) is 4.58. The van der Waals surface area contributed by atoms with Crippen LogP contribution in [-0.2, 0) is 19.7 Å². The van der Waals surface area contributed by atoms with Gasteiger partial charge in [0.2, 0.25) is 0 Å². The summed E-state index contributed by atoms with van der Waals surface area (Å²) in [6.07, 6.45) is 2.19. The molecule has 0 radical (unpaired) electrons. The van der Waals surface area contributed by atoms with Gasteiger partial charge in [-0.05, 0) is 49.7 Å². The van der Waals surface area contributed by atoms with Gasteiger partial charge in [0.15, 0.2) is 38.6 Å². The van der Waals surface area contributed by atoms with Crippen LogP contribution in [0.1, 0.15) is 35.8 Å². The molecule has 36 heavy (non-hydrogen) atoms. The molecule has 0 unspecified atom stereocenters. The predicted octanol–water partition coefficient (Wildman–Crippen LogP) is 2.46. The van der Waals surface area contributed by atoms with E-state index in [-0.39, 0.29) is 5.75 Å². The third-order valence-corrected chi connectivity index (χ3v) is 6.33. The minimum atomic E-state index is -3.33. The lowest BCUT2D eigenvalue weighted by molar-refractivity contribution is 0.102. The first-order valence-electron chi connectivity index (χ1n) is 11.0. The molecule has 0 aliphatic heterocycles. The molecule has 0 saturated carbocycles. The second kappa shape index (κ2) is 14.0. The maximum Gasteiger partial charge on any atom is 0.177 e. The summed E-state index contributed by atoms with van der Waals surface area (Å²) in [5.41, 5.74) is 6.87. The molecule has 0 aliphatic carbocycles. The van der Waals surface area contributed by atoms with E-state index < -0.39 is 37.3 Å². The second-order valence-electron chi connectivity index (χ2n) is 7.83. The molecule has 0 aliphatic rings. The van der Waals surface area contributed by atoms with Gasteiger partial charge < -0.3 is 24.7 Å². The number of methoxy groups -OCH3 is 2. The van der Waals surface area contributed by atoms with Crippen LogP contribution in [0.2, 0.25) is 0 Å². The molecule has 0 bridgehead atoms. The van der Waals surface area contributed by atoms with Crippen LogP contribution in [0.4, 0.5) is 0 Å². The molecule has 12 heteroatoms. The third kappa shape index (κ3) is 10.8. The Labute approximate surface area is 213 Å². The summed E-state index contributed by atoms with van der Waals surface area (Å²) < 4.78 is 65.5. The summed E-state index contributed by atoms with van der Waals surface area (Å²) in [5.74, 6) is 1.05. The smallest absolute Gasteiger partial charge is 0.177 e. The van der Waals surface area contributed by atoms with Crippen LogP contribution >= 0.6 is 0 Å². The van der Waals surface area contributed by atoms with Crippen molar-refractivity contribution in [2.45, 2.75) is 19.9 Å². The van der Waals surface area contributed by atoms with Gasteiger partial charge in [0.25, 0.3) is 0 Å². The van der Waals surface area contributed by atoms with Gasteiger partial charge in [-0.1, -0.05) is 6.07 Å². The number of benzene rings is 2. The van der Waals surface area contributed by atoms with Gasteiger partial charge >= 0.3 is 0 Å². The molecule has 2 aromatic carbocycles. The maximum absolute atomic E-state index is 11.7. The molecular formula is C24H35NO9S2. The van der Waals surface area contributed by atoms with Crippen LogP contribution in [0.5, 0.6) is 23.0 Å². The number of carbonyl (C=O) groups is 1. The highest BCUT2D eigenvalue weighted by atomic mass is 32.2. The van der Waals surface area contributed by atoms with Gasteiger partial charge in [0.05, 0.1) is 33.2 Å². The molecule has 2 N–H and O–H groups in total. The van der Waals surface area contributed by atoms with Crippen LogP contribution in [0.15, 0.2) is 36.4 Å². The topological polar surface area (TPSA) is 148 Å². The van der Waals surface area contributed by atoms with Crippen molar-refractivity contribution < 1.29 is 40.6 Å². The highest BCUT2D eigenvalue weighted by molar-refractivity contribution is 7.91. The Bertz CT molecular complexity index is 1230. The average Bonchev–Trinajstić information content (AvgIpc) is 2.77. The van der Waals surface area contributed by atoms with Gasteiger partial charge in [-0.3, -0.25) is 4.79 Å². The predicted molar refractivity (Wildman–Crippen MR) is 139 cm³/mol. The number of hydrogen-bond acceptors (Lipinski definition) is 10. The molecule has 0 saturated heterocycles. The average molecular weight is 546 g/mol. The number of hydrogen-bond donors (Lipinski definition) is 1. The van der Waals surface area contributed by atoms with Gasteiger partial charge in [-0.2, -0.15) is 0 Å². The van der Waals surface area contributed by atoms with Crippen LogP contribution < -0.4 is 24.7 Å². The van der Waals surface area contributed by atoms with Crippen molar-refractivity contribution >= 4 is 25.5 Å². The first-order chi connectivity index (χ1) is 16.7. The largest absolute Gasteiger partial charge is 0.493 e. The van der Waals surface area contributed by atoms with Crippen molar-refractivity contribution in [2.75, 3.05) is 51.5 Å². The molecule has 202 valence electrons. The van der Waals surface area contributed by atoms with E-state index in [2.05, 4.69) is 0 Å². The van der Waals surface area contributed by atoms with Gasteiger partial charge in [-0.15, -0.1) is 0 Å². The summed E-state index contributed by atoms with van der Waals surface area (Å²) in [7, 11) is -3.40. The summed E-state index contributed by atoms with van der Waals surface area (Å²) in [6, 6.07) is 9.23. The monoisotopic (exact) mass is 545 g/mol. The molecule has 0 amide bonds. The quantitative estimate of drug-likeness (QED) is 0.394. The van der Waals surface area contributed by atoms with Crippen LogP contribution in [-0.4, -0.2) is 74.1 Å². The number of ether oxygens (including phenoxy) is 4. The highest BCUT2D eigenvalue weighted by Crippen LogP contribution is 2.30. The molecule has 2 rings (SSSR count). The summed E-state index contributed by atoms with van der Waals surface area (Å²) in [4.78, 5) is 11.7. The van der Waals surface area contributed by atoms with Crippen molar-refractivity contribution in [1.82, 2.24) is 0 Å². The van der Waals surface area contributed by atoms with E-state index in [4.69, 9.17) is 24.7 Å². The van der Waals surface area contributed by atoms with Gasteiger partial charge in [0, 0.05) is 24.1 Å². The fraction of sp³-hybridized carbons (Fsp3) is 0.458. The molecule has 2 aromatic rings. The molecular weight excluding hydrogens is 510 g/mol. The van der Waals surface area contributed by atoms with E-state index in [1.54, 1.807) is 31.4 Å². The fourth-order valence-electron chi connectivity index (χ4n) is 3.05. The number of rotatable bonds is 12. The Kier molecular flexibility index (Phi) is 12.2. The lowest BCUT2D eigenvalue weighted by atomic mass is 10.1. The summed E-state index contributed by atoms with van der Waals surface area (Å²) in [6.45, 7) is 4.61. The van der Waals surface area contributed by atoms with Crippen molar-refractivity contribution in [3.05, 3.63) is 47.5 Å². The molecule has 0 spiro atoms. The zero-order valence-electron chi connectivity index (χ0n) is 21.4. The van der Waals surface area contributed by atoms with Gasteiger partial charge in [-0.25, -0.2) is 16.8 Å². The van der Waals surface area contributed by atoms with E-state index in [1.807, 2.05) is 13.8 Å². The first kappa shape index (κ1) is 31.2. The van der Waals surface area contributed by atoms with Crippen molar-refractivity contribution in [1.29, 1.82) is 0 Å². The molecule has 1 atom stereocenters. The van der Waals surface area contributed by atoms with E-state index in [0.29, 0.717) is 47.3 Å². The lowest BCUT2D eigenvalue weighted by Gasteiger charge is -2.15. The van der Waals surface area contributed by atoms with E-state index in [0.717, 1.165) is 6.26 Å². The van der Waals surface area contributed by atoms with E-state index in [9.17, 15) is 21.6 Å². The van der Waals surface area contributed by atoms with Crippen LogP contribution in [0, 0.1) is 0 Å². The Morgan fingerprint density at radius 1 is 0.806 bits per heavy atom. The second-order valence-corrected chi connectivity index (χ2v) is 12.2. The fourth-order valence-corrected chi connectivity index (χ4v) is 4.54. The SMILES string of the molecule is CCOc1cc(C(=O)CS(C)(=O)=O)ccc1OC.CCOc1cc([C@H](N)CS(C)(=O)=O)ccc1OC. The van der Waals surface area contributed by atoms with Crippen molar-refractivity contribution in [3.8, 4) is 23.0 Å². The van der Waals surface area contributed by atoms with Gasteiger partial charge in [0.1, 0.15) is 15.6 Å². The number of carbonyl (C=O) groups excluding carboxylic acids is 1. The standard InChI is InChI=1S/C12H19NO4S.C12H16O5S/c2*1-4-17-12-7-9(5-6-11(12)16-2)10(13)8-18(3,14)15/h5-7,10H,4,8,13H2,1-3H3;5-7H,4,8H2,1-3H3/t10-;/m1./s1. The number of sulfone groups is 2. The first-order valence-corrected chi connectivity index (χ1v) is 15.1. The Hall–Kier alpha value is -2.83. The lowest BCUT2D eigenvalue weighted by Crippen LogP contribution is -2.20. The Morgan fingerprint density at radius 3 is 1.75 bits per heavy atom. The zero-order chi connectivity index (χ0) is 27.5. The van der Waals surface area contributed by atoms with Crippen molar-refractivity contribution in [2.24, 2.45) is 5.73 Å². The normalized spacial score (nSPS) is 12.1. The number of nitrogens with two attached hydrogens (primary N) is 1. The van der Waals surface area contributed by atoms with E-state index >= 15 is 0 Å². The molecule has 0 aromatic heterocycles. The van der Waals surface area contributed by atoms with E-state index in [1.165, 1.54) is 25.5 Å². The van der Waals surface area contributed by atoms with Crippen LogP contribution in [0.25, 0.3) is 0 Å². The maximum atomic E-state index is 11.7. The summed E-state index contributed by atoms with van der Waals surface area (Å²) in [5, 5.41) is 0. The molecule has 0 fully saturated rings. The molecule has 10 nitrogen and oxygen atoms in total. The molecule has 0 heterocycles. The Morgan fingerprint density at radius 2 is 1.31 bits per heavy atom. The number of Topliss-reactive ketones (excluding diaryl/α,β-unsaturated/α-hetero) is 1. The van der Waals surface area contributed by atoms with Crippen LogP contribution in [0.3, 0.4) is 0 Å². The minimum Gasteiger partial charge on any atom is -0.493 e.